The molecule has 28 heavy (non-hydrogen) atoms. The van der Waals surface area contributed by atoms with Crippen LogP contribution in [-0.4, -0.2) is 38.2 Å². The fourth-order valence-corrected chi connectivity index (χ4v) is 3.90. The molecule has 0 spiro atoms. The molecule has 2 aromatic carbocycles. The quantitative estimate of drug-likeness (QED) is 0.594. The summed E-state index contributed by atoms with van der Waals surface area (Å²) in [5.41, 5.74) is 0.326. The summed E-state index contributed by atoms with van der Waals surface area (Å²) in [5, 5.41) is 13.8. The highest BCUT2D eigenvalue weighted by molar-refractivity contribution is 7.92. The van der Waals surface area contributed by atoms with Crippen molar-refractivity contribution in [1.29, 1.82) is 0 Å². The van der Waals surface area contributed by atoms with Crippen LogP contribution in [0.4, 0.5) is 17.1 Å². The summed E-state index contributed by atoms with van der Waals surface area (Å²) in [5.74, 6) is -0.344. The van der Waals surface area contributed by atoms with E-state index in [9.17, 15) is 23.3 Å². The minimum absolute atomic E-state index is 0.0131. The molecule has 2 aromatic rings. The Kier molecular flexibility index (Phi) is 5.43. The van der Waals surface area contributed by atoms with Crippen LogP contribution in [0.3, 0.4) is 0 Å². The molecule has 1 N–H and O–H groups in total. The third kappa shape index (κ3) is 4.34. The van der Waals surface area contributed by atoms with E-state index in [1.54, 1.807) is 0 Å². The van der Waals surface area contributed by atoms with Crippen LogP contribution in [0, 0.1) is 10.1 Å². The van der Waals surface area contributed by atoms with Gasteiger partial charge < -0.3 is 10.1 Å². The number of amides is 1. The number of hydrogen-bond donors (Lipinski definition) is 1. The first-order valence-corrected chi connectivity index (χ1v) is 10.4. The monoisotopic (exact) mass is 425 g/mol. The van der Waals surface area contributed by atoms with Gasteiger partial charge in [-0.1, -0.05) is 17.7 Å². The molecule has 0 saturated carbocycles. The number of carbonyl (C=O) groups excluding carboxylic acids is 1. The molecular formula is C17H16ClN3O6S. The van der Waals surface area contributed by atoms with E-state index in [1.807, 2.05) is 0 Å². The van der Waals surface area contributed by atoms with Crippen molar-refractivity contribution in [2.45, 2.75) is 12.5 Å². The fraction of sp³-hybridized carbons (Fsp3) is 0.235. The Morgan fingerprint density at radius 3 is 2.75 bits per heavy atom. The zero-order chi connectivity index (χ0) is 20.5. The number of sulfonamides is 1. The third-order valence-electron chi connectivity index (χ3n) is 4.07. The number of anilines is 2. The van der Waals surface area contributed by atoms with Gasteiger partial charge in [0, 0.05) is 35.8 Å². The Morgan fingerprint density at radius 2 is 2.07 bits per heavy atom. The van der Waals surface area contributed by atoms with Gasteiger partial charge in [0.15, 0.2) is 6.10 Å². The van der Waals surface area contributed by atoms with E-state index in [0.29, 0.717) is 5.02 Å². The second-order valence-corrected chi connectivity index (χ2v) is 8.48. The molecule has 1 atom stereocenters. The highest BCUT2D eigenvalue weighted by Gasteiger charge is 2.31. The molecule has 1 aliphatic heterocycles. The SMILES string of the molecule is CS(=O)(=O)N1CC[C@H](C(=O)Nc2cccc([N+](=O)[O-])c2)Oc2ccc(Cl)cc21. The largest absolute Gasteiger partial charge is 0.478 e. The number of nitro benzene ring substituents is 1. The summed E-state index contributed by atoms with van der Waals surface area (Å²) in [4.78, 5) is 22.9. The third-order valence-corrected chi connectivity index (χ3v) is 5.49. The first-order chi connectivity index (χ1) is 13.1. The maximum Gasteiger partial charge on any atom is 0.271 e. The molecule has 1 amide bonds. The first-order valence-electron chi connectivity index (χ1n) is 8.14. The molecule has 0 unspecified atom stereocenters. The van der Waals surface area contributed by atoms with E-state index < -0.39 is 27.0 Å². The van der Waals surface area contributed by atoms with Crippen LogP contribution in [0.1, 0.15) is 6.42 Å². The summed E-state index contributed by atoms with van der Waals surface area (Å²) < 4.78 is 31.2. The van der Waals surface area contributed by atoms with Crippen molar-refractivity contribution >= 4 is 44.6 Å². The smallest absolute Gasteiger partial charge is 0.271 e. The van der Waals surface area contributed by atoms with Gasteiger partial charge in [-0.25, -0.2) is 8.42 Å². The van der Waals surface area contributed by atoms with Crippen LogP contribution in [0.25, 0.3) is 0 Å². The van der Waals surface area contributed by atoms with Gasteiger partial charge >= 0.3 is 0 Å². The van der Waals surface area contributed by atoms with Crippen LogP contribution in [0.15, 0.2) is 42.5 Å². The first kappa shape index (κ1) is 19.9. The van der Waals surface area contributed by atoms with Gasteiger partial charge in [-0.15, -0.1) is 0 Å². The maximum atomic E-state index is 12.6. The number of non-ortho nitro benzene ring substituents is 1. The van der Waals surface area contributed by atoms with E-state index in [1.165, 1.54) is 42.5 Å². The predicted octanol–water partition coefficient (Wildman–Crippen LogP) is 2.80. The second-order valence-electron chi connectivity index (χ2n) is 6.14. The number of fused-ring (bicyclic) bond motifs is 1. The standard InChI is InChI=1S/C17H16ClN3O6S/c1-28(25,26)20-8-7-16(27-15-6-5-11(18)9-14(15)20)17(22)19-12-3-2-4-13(10-12)21(23)24/h2-6,9-10,16H,7-8H2,1H3,(H,19,22)/t16-/m1/s1. The van der Waals surface area contributed by atoms with Crippen LogP contribution < -0.4 is 14.4 Å². The normalized spacial score (nSPS) is 16.5. The highest BCUT2D eigenvalue weighted by Crippen LogP contribution is 2.36. The molecule has 0 bridgehead atoms. The van der Waals surface area contributed by atoms with Gasteiger partial charge in [-0.05, 0) is 24.3 Å². The number of nitrogens with one attached hydrogen (secondary N) is 1. The van der Waals surface area contributed by atoms with Gasteiger partial charge in [-0.3, -0.25) is 19.2 Å². The van der Waals surface area contributed by atoms with Gasteiger partial charge in [0.1, 0.15) is 5.75 Å². The summed E-state index contributed by atoms with van der Waals surface area (Å²) in [6.45, 7) is 0.0131. The van der Waals surface area contributed by atoms with Crippen molar-refractivity contribution in [2.75, 3.05) is 22.4 Å². The molecule has 11 heteroatoms. The summed E-state index contributed by atoms with van der Waals surface area (Å²) in [6, 6.07) is 9.98. The van der Waals surface area contributed by atoms with Crippen LogP contribution in [0.2, 0.25) is 5.02 Å². The Labute approximate surface area is 166 Å². The number of hydrogen-bond acceptors (Lipinski definition) is 6. The van der Waals surface area contributed by atoms with Crippen molar-refractivity contribution < 1.29 is 22.9 Å². The number of nitro groups is 1. The van der Waals surface area contributed by atoms with Crippen molar-refractivity contribution in [3.05, 3.63) is 57.6 Å². The molecule has 0 fully saturated rings. The maximum absolute atomic E-state index is 12.6. The lowest BCUT2D eigenvalue weighted by Crippen LogP contribution is -2.35. The van der Waals surface area contributed by atoms with Gasteiger partial charge in [0.2, 0.25) is 10.0 Å². The molecule has 3 rings (SSSR count). The molecule has 148 valence electrons. The summed E-state index contributed by atoms with van der Waals surface area (Å²) in [7, 11) is -3.61. The Hall–Kier alpha value is -2.85. The lowest BCUT2D eigenvalue weighted by atomic mass is 10.2. The van der Waals surface area contributed by atoms with Crippen LogP contribution >= 0.6 is 11.6 Å². The minimum atomic E-state index is -3.61. The molecule has 0 radical (unpaired) electrons. The van der Waals surface area contributed by atoms with Crippen LogP contribution in [-0.2, 0) is 14.8 Å². The zero-order valence-electron chi connectivity index (χ0n) is 14.7. The van der Waals surface area contributed by atoms with E-state index in [-0.39, 0.29) is 35.8 Å². The molecule has 0 aliphatic carbocycles. The number of halogens is 1. The topological polar surface area (TPSA) is 119 Å². The molecule has 1 heterocycles. The van der Waals surface area contributed by atoms with E-state index >= 15 is 0 Å². The van der Waals surface area contributed by atoms with E-state index in [4.69, 9.17) is 16.3 Å². The second kappa shape index (κ2) is 7.64. The van der Waals surface area contributed by atoms with E-state index in [0.717, 1.165) is 10.6 Å². The highest BCUT2D eigenvalue weighted by atomic mass is 35.5. The van der Waals surface area contributed by atoms with Gasteiger partial charge in [-0.2, -0.15) is 0 Å². The lowest BCUT2D eigenvalue weighted by molar-refractivity contribution is -0.384. The predicted molar refractivity (Wildman–Crippen MR) is 104 cm³/mol. The van der Waals surface area contributed by atoms with Gasteiger partial charge in [0.25, 0.3) is 11.6 Å². The Bertz CT molecular complexity index is 1040. The minimum Gasteiger partial charge on any atom is -0.478 e. The average Bonchev–Trinajstić information content (AvgIpc) is 2.81. The number of ether oxygens (including phenoxy) is 1. The van der Waals surface area contributed by atoms with Crippen molar-refractivity contribution in [1.82, 2.24) is 0 Å². The Balaban J connectivity index is 1.86. The number of nitrogens with zero attached hydrogens (tertiary/aromatic N) is 2. The number of benzene rings is 2. The molecule has 0 saturated heterocycles. The number of carbonyl (C=O) groups is 1. The molecule has 0 aromatic heterocycles. The number of rotatable bonds is 4. The van der Waals surface area contributed by atoms with Gasteiger partial charge in [0.05, 0.1) is 16.9 Å². The molecule has 9 nitrogen and oxygen atoms in total. The summed E-state index contributed by atoms with van der Waals surface area (Å²) in [6.07, 6.45) is 0.146. The lowest BCUT2D eigenvalue weighted by Gasteiger charge is -2.21. The van der Waals surface area contributed by atoms with Crippen LogP contribution in [0.5, 0.6) is 5.75 Å². The Morgan fingerprint density at radius 1 is 1.32 bits per heavy atom. The van der Waals surface area contributed by atoms with Crippen molar-refractivity contribution in [3.8, 4) is 5.75 Å². The molecular weight excluding hydrogens is 410 g/mol. The zero-order valence-corrected chi connectivity index (χ0v) is 16.2. The molecule has 1 aliphatic rings. The van der Waals surface area contributed by atoms with E-state index in [2.05, 4.69) is 5.32 Å². The fourth-order valence-electron chi connectivity index (χ4n) is 2.80. The van der Waals surface area contributed by atoms with Crippen molar-refractivity contribution in [3.63, 3.8) is 0 Å². The van der Waals surface area contributed by atoms with Crippen molar-refractivity contribution in [2.24, 2.45) is 0 Å². The average molecular weight is 426 g/mol. The summed E-state index contributed by atoms with van der Waals surface area (Å²) >= 11 is 5.98.